The zero-order valence-electron chi connectivity index (χ0n) is 13.5. The number of halogens is 3. The molecule has 0 aliphatic rings. The number of ether oxygens (including phenoxy) is 1. The van der Waals surface area contributed by atoms with Crippen LogP contribution < -0.4 is 5.32 Å². The van der Waals surface area contributed by atoms with Crippen molar-refractivity contribution in [3.8, 4) is 11.3 Å². The molecule has 138 valence electrons. The average molecular weight is 486 g/mol. The molecule has 0 unspecified atom stereocenters. The molecule has 1 N–H and O–H groups in total. The molecule has 0 aliphatic carbocycles. The number of carbonyl (C=O) groups excluding carboxylic acids is 2. The number of hydrogen-bond acceptors (Lipinski definition) is 5. The van der Waals surface area contributed by atoms with E-state index in [1.54, 1.807) is 6.07 Å². The fourth-order valence-electron chi connectivity index (χ4n) is 2.13. The van der Waals surface area contributed by atoms with Crippen LogP contribution >= 0.6 is 50.5 Å². The molecule has 1 amide bonds. The number of aromatic nitrogens is 1. The van der Waals surface area contributed by atoms with Crippen LogP contribution in [-0.4, -0.2) is 23.5 Å². The van der Waals surface area contributed by atoms with Gasteiger partial charge in [0.05, 0.1) is 16.3 Å². The van der Waals surface area contributed by atoms with Crippen LogP contribution in [0.4, 0.5) is 5.13 Å². The zero-order chi connectivity index (χ0) is 19.4. The van der Waals surface area contributed by atoms with Crippen LogP contribution in [0.5, 0.6) is 0 Å². The minimum absolute atomic E-state index is 0.100. The van der Waals surface area contributed by atoms with Crippen molar-refractivity contribution >= 4 is 67.5 Å². The van der Waals surface area contributed by atoms with E-state index < -0.39 is 18.5 Å². The number of rotatable bonds is 5. The molecule has 0 radical (unpaired) electrons. The number of hydrogen-bond donors (Lipinski definition) is 1. The first kappa shape index (κ1) is 19.8. The molecule has 0 aliphatic heterocycles. The van der Waals surface area contributed by atoms with Gasteiger partial charge in [-0.3, -0.25) is 10.1 Å². The third-order valence-corrected chi connectivity index (χ3v) is 5.17. The van der Waals surface area contributed by atoms with E-state index in [1.807, 2.05) is 29.6 Å². The molecule has 3 aromatic rings. The predicted octanol–water partition coefficient (Wildman–Crippen LogP) is 5.67. The molecular formula is C18H11BrCl2N2O3S. The molecule has 0 saturated heterocycles. The van der Waals surface area contributed by atoms with Gasteiger partial charge in [0.15, 0.2) is 11.7 Å². The molecule has 27 heavy (non-hydrogen) atoms. The molecular weight excluding hydrogens is 475 g/mol. The van der Waals surface area contributed by atoms with Gasteiger partial charge in [0, 0.05) is 20.4 Å². The van der Waals surface area contributed by atoms with E-state index in [-0.39, 0.29) is 10.6 Å². The Morgan fingerprint density at radius 1 is 1.19 bits per heavy atom. The Labute approximate surface area is 177 Å². The molecule has 0 saturated carbocycles. The number of esters is 1. The van der Waals surface area contributed by atoms with Crippen LogP contribution in [-0.2, 0) is 9.53 Å². The molecule has 9 heteroatoms. The van der Waals surface area contributed by atoms with Gasteiger partial charge in [-0.2, -0.15) is 0 Å². The summed E-state index contributed by atoms with van der Waals surface area (Å²) in [5, 5.41) is 5.38. The van der Waals surface area contributed by atoms with Crippen molar-refractivity contribution < 1.29 is 14.3 Å². The molecule has 1 heterocycles. The summed E-state index contributed by atoms with van der Waals surface area (Å²) in [5.74, 6) is -1.23. The van der Waals surface area contributed by atoms with Crippen molar-refractivity contribution in [2.45, 2.75) is 0 Å². The van der Waals surface area contributed by atoms with E-state index in [0.717, 1.165) is 15.7 Å². The largest absolute Gasteiger partial charge is 0.452 e. The zero-order valence-corrected chi connectivity index (χ0v) is 17.5. The minimum Gasteiger partial charge on any atom is -0.452 e. The second-order valence-electron chi connectivity index (χ2n) is 5.30. The summed E-state index contributed by atoms with van der Waals surface area (Å²) in [6.45, 7) is -0.465. The lowest BCUT2D eigenvalue weighted by atomic mass is 10.2. The topological polar surface area (TPSA) is 68.3 Å². The third kappa shape index (κ3) is 5.29. The van der Waals surface area contributed by atoms with E-state index in [9.17, 15) is 9.59 Å². The van der Waals surface area contributed by atoms with Crippen LogP contribution in [0.1, 0.15) is 10.4 Å². The molecule has 5 nitrogen and oxygen atoms in total. The third-order valence-electron chi connectivity index (χ3n) is 3.35. The highest BCUT2D eigenvalue weighted by atomic mass is 79.9. The highest BCUT2D eigenvalue weighted by Crippen LogP contribution is 2.27. The Kier molecular flexibility index (Phi) is 6.49. The van der Waals surface area contributed by atoms with Gasteiger partial charge in [-0.15, -0.1) is 11.3 Å². The lowest BCUT2D eigenvalue weighted by molar-refractivity contribution is -0.119. The number of nitrogens with one attached hydrogen (secondary N) is 1. The van der Waals surface area contributed by atoms with Crippen molar-refractivity contribution in [3.05, 3.63) is 67.9 Å². The number of amides is 1. The lowest BCUT2D eigenvalue weighted by Crippen LogP contribution is -2.21. The van der Waals surface area contributed by atoms with Crippen LogP contribution in [0.15, 0.2) is 52.3 Å². The molecule has 0 fully saturated rings. The Hall–Kier alpha value is -1.93. The fourth-order valence-corrected chi connectivity index (χ4v) is 3.63. The molecule has 0 spiro atoms. The number of anilines is 1. The number of thiazole rings is 1. The Balaban J connectivity index is 1.58. The molecule has 3 rings (SSSR count). The molecule has 0 atom stereocenters. The van der Waals surface area contributed by atoms with Crippen LogP contribution in [0.2, 0.25) is 10.0 Å². The smallest absolute Gasteiger partial charge is 0.340 e. The summed E-state index contributed by atoms with van der Waals surface area (Å²) in [4.78, 5) is 28.4. The predicted molar refractivity (Wildman–Crippen MR) is 111 cm³/mol. The van der Waals surface area contributed by atoms with Crippen molar-refractivity contribution in [1.29, 1.82) is 0 Å². The standard InChI is InChI=1S/C18H11BrCl2N2O3S/c19-11-3-1-2-10(6-11)15-9-27-18(22-15)23-16(24)8-26-17(25)13-7-12(20)4-5-14(13)21/h1-7,9H,8H2,(H,22,23,24). The number of benzene rings is 2. The highest BCUT2D eigenvalue weighted by Gasteiger charge is 2.15. The van der Waals surface area contributed by atoms with Gasteiger partial charge in [-0.05, 0) is 30.3 Å². The van der Waals surface area contributed by atoms with Gasteiger partial charge in [0.2, 0.25) is 0 Å². The molecule has 0 bridgehead atoms. The van der Waals surface area contributed by atoms with Gasteiger partial charge in [0.25, 0.3) is 5.91 Å². The first-order chi connectivity index (χ1) is 12.9. The van der Waals surface area contributed by atoms with Crippen LogP contribution in [0, 0.1) is 0 Å². The summed E-state index contributed by atoms with van der Waals surface area (Å²) < 4.78 is 5.92. The SMILES string of the molecule is O=C(COC(=O)c1cc(Cl)ccc1Cl)Nc1nc(-c2cccc(Br)c2)cs1. The summed E-state index contributed by atoms with van der Waals surface area (Å²) in [6, 6.07) is 12.1. The van der Waals surface area contributed by atoms with Crippen LogP contribution in [0.25, 0.3) is 11.3 Å². The van der Waals surface area contributed by atoms with Gasteiger partial charge >= 0.3 is 5.97 Å². The number of carbonyl (C=O) groups is 2. The number of nitrogens with zero attached hydrogens (tertiary/aromatic N) is 1. The van der Waals surface area contributed by atoms with Crippen molar-refractivity contribution in [1.82, 2.24) is 4.98 Å². The highest BCUT2D eigenvalue weighted by molar-refractivity contribution is 9.10. The van der Waals surface area contributed by atoms with Gasteiger partial charge in [-0.1, -0.05) is 51.3 Å². The first-order valence-corrected chi connectivity index (χ1v) is 9.99. The average Bonchev–Trinajstić information content (AvgIpc) is 3.10. The maximum absolute atomic E-state index is 12.0. The van der Waals surface area contributed by atoms with E-state index in [4.69, 9.17) is 27.9 Å². The Morgan fingerprint density at radius 2 is 2.00 bits per heavy atom. The summed E-state index contributed by atoms with van der Waals surface area (Å²) in [7, 11) is 0. The van der Waals surface area contributed by atoms with Crippen molar-refractivity contribution in [3.63, 3.8) is 0 Å². The van der Waals surface area contributed by atoms with E-state index in [0.29, 0.717) is 10.2 Å². The normalized spacial score (nSPS) is 10.5. The van der Waals surface area contributed by atoms with Gasteiger partial charge in [0.1, 0.15) is 0 Å². The van der Waals surface area contributed by atoms with Crippen LogP contribution in [0.3, 0.4) is 0 Å². The molecule has 2 aromatic carbocycles. The summed E-state index contributed by atoms with van der Waals surface area (Å²) in [5.41, 5.74) is 1.76. The Morgan fingerprint density at radius 3 is 2.78 bits per heavy atom. The van der Waals surface area contributed by atoms with Gasteiger partial charge in [-0.25, -0.2) is 9.78 Å². The first-order valence-electron chi connectivity index (χ1n) is 7.56. The van der Waals surface area contributed by atoms with Crippen molar-refractivity contribution in [2.24, 2.45) is 0 Å². The summed E-state index contributed by atoms with van der Waals surface area (Å²) >= 11 is 16.5. The Bertz CT molecular complexity index is 1010. The lowest BCUT2D eigenvalue weighted by Gasteiger charge is -2.06. The van der Waals surface area contributed by atoms with Crippen molar-refractivity contribution in [2.75, 3.05) is 11.9 Å². The fraction of sp³-hybridized carbons (Fsp3) is 0.0556. The summed E-state index contributed by atoms with van der Waals surface area (Å²) in [6.07, 6.45) is 0. The van der Waals surface area contributed by atoms with E-state index >= 15 is 0 Å². The minimum atomic E-state index is -0.730. The van der Waals surface area contributed by atoms with Gasteiger partial charge < -0.3 is 4.74 Å². The van der Waals surface area contributed by atoms with E-state index in [2.05, 4.69) is 26.2 Å². The second-order valence-corrected chi connectivity index (χ2v) is 7.91. The molecule has 1 aromatic heterocycles. The quantitative estimate of drug-likeness (QED) is 0.472. The second kappa shape index (κ2) is 8.84. The van der Waals surface area contributed by atoms with E-state index in [1.165, 1.54) is 23.5 Å². The monoisotopic (exact) mass is 484 g/mol. The maximum atomic E-state index is 12.0. The maximum Gasteiger partial charge on any atom is 0.340 e.